The van der Waals surface area contributed by atoms with E-state index in [9.17, 15) is 0 Å². The second-order valence-corrected chi connectivity index (χ2v) is 2.61. The molecule has 0 saturated carbocycles. The fourth-order valence-corrected chi connectivity index (χ4v) is 0. The molecular formula is C4H7S2Zn-. The van der Waals surface area contributed by atoms with Crippen LogP contribution in [0.3, 0.4) is 0 Å². The van der Waals surface area contributed by atoms with E-state index >= 15 is 0 Å². The summed E-state index contributed by atoms with van der Waals surface area (Å²) in [4.78, 5) is 0. The van der Waals surface area contributed by atoms with Crippen LogP contribution in [0.2, 0.25) is 0 Å². The molecule has 0 aromatic heterocycles. The van der Waals surface area contributed by atoms with E-state index in [0.717, 1.165) is 0 Å². The summed E-state index contributed by atoms with van der Waals surface area (Å²) in [5.41, 5.74) is 0. The summed E-state index contributed by atoms with van der Waals surface area (Å²) < 4.78 is 0.676. The van der Waals surface area contributed by atoms with Gasteiger partial charge in [0, 0.05) is 19.5 Å². The Hall–Kier alpha value is 0.933. The molecular weight excluding hydrogens is 178 g/mol. The quantitative estimate of drug-likeness (QED) is 0.344. The molecule has 7 heavy (non-hydrogen) atoms. The van der Waals surface area contributed by atoms with Crippen LogP contribution in [0.15, 0.2) is 0 Å². The molecule has 0 spiro atoms. The molecule has 0 aromatic rings. The normalized spacial score (nSPS) is 7.86. The van der Waals surface area contributed by atoms with E-state index in [4.69, 9.17) is 0 Å². The average molecular weight is 185 g/mol. The van der Waals surface area contributed by atoms with Gasteiger partial charge in [-0.1, -0.05) is 13.8 Å². The maximum Gasteiger partial charge on any atom is 0 e. The molecule has 0 aromatic carbocycles. The van der Waals surface area contributed by atoms with Gasteiger partial charge in [0.1, 0.15) is 0 Å². The van der Waals surface area contributed by atoms with E-state index in [1.807, 2.05) is 13.8 Å². The average Bonchev–Trinajstić information content (AvgIpc) is 1.36. The molecule has 0 N–H and O–H groups in total. The number of hydrogen-bond donors (Lipinski definition) is 0. The van der Waals surface area contributed by atoms with Crippen LogP contribution in [-0.2, 0) is 32.1 Å². The summed E-state index contributed by atoms with van der Waals surface area (Å²) in [6.07, 6.45) is 0. The first kappa shape index (κ1) is 10.8. The second-order valence-electron chi connectivity index (χ2n) is 1.47. The van der Waals surface area contributed by atoms with E-state index in [0.29, 0.717) is 10.1 Å². The van der Waals surface area contributed by atoms with Gasteiger partial charge in [0.05, 0.1) is 0 Å². The molecule has 38 valence electrons. The smallest absolute Gasteiger partial charge is 0 e. The topological polar surface area (TPSA) is 0 Å². The number of thiocarbonyl (C=S) groups is 1. The summed E-state index contributed by atoms with van der Waals surface area (Å²) in [6.45, 7) is 3.99. The van der Waals surface area contributed by atoms with Crippen LogP contribution >= 0.6 is 12.2 Å². The number of hydrogen-bond acceptors (Lipinski definition) is 2. The van der Waals surface area contributed by atoms with Crippen LogP contribution in [0, 0.1) is 5.92 Å². The third-order valence-corrected chi connectivity index (χ3v) is 1.41. The third-order valence-electron chi connectivity index (χ3n) is 0.471. The Kier molecular flexibility index (Phi) is 7.86. The predicted molar refractivity (Wildman–Crippen MR) is 34.8 cm³/mol. The van der Waals surface area contributed by atoms with Crippen molar-refractivity contribution in [2.24, 2.45) is 5.92 Å². The van der Waals surface area contributed by atoms with Crippen molar-refractivity contribution >= 4 is 29.0 Å². The standard InChI is InChI=1S/C4H8S2.Zn/c1-3(2)4(5)6;/h3H,1-2H3,(H,5,6);/p-1. The molecule has 0 heterocycles. The van der Waals surface area contributed by atoms with Crippen LogP contribution in [0.1, 0.15) is 13.8 Å². The summed E-state index contributed by atoms with van der Waals surface area (Å²) >= 11 is 9.27. The largest absolute Gasteiger partial charge is 0.433 e. The van der Waals surface area contributed by atoms with Crippen LogP contribution in [-0.4, -0.2) is 4.20 Å². The van der Waals surface area contributed by atoms with Gasteiger partial charge < -0.3 is 24.8 Å². The van der Waals surface area contributed by atoms with Crippen molar-refractivity contribution in [3.8, 4) is 0 Å². The van der Waals surface area contributed by atoms with Gasteiger partial charge >= 0.3 is 0 Å². The molecule has 0 aliphatic rings. The van der Waals surface area contributed by atoms with E-state index in [1.54, 1.807) is 0 Å². The number of rotatable bonds is 1. The summed E-state index contributed by atoms with van der Waals surface area (Å²) in [6, 6.07) is 0. The molecule has 0 aliphatic heterocycles. The zero-order valence-electron chi connectivity index (χ0n) is 4.60. The van der Waals surface area contributed by atoms with Crippen molar-refractivity contribution in [2.75, 3.05) is 0 Å². The summed E-state index contributed by atoms with van der Waals surface area (Å²) in [5.74, 6) is 0.398. The zero-order valence-corrected chi connectivity index (χ0v) is 9.20. The van der Waals surface area contributed by atoms with Crippen LogP contribution in [0.25, 0.3) is 0 Å². The molecule has 0 amide bonds. The van der Waals surface area contributed by atoms with Gasteiger partial charge in [-0.15, -0.1) is 4.20 Å². The van der Waals surface area contributed by atoms with E-state index in [1.165, 1.54) is 0 Å². The van der Waals surface area contributed by atoms with Crippen molar-refractivity contribution in [1.82, 2.24) is 0 Å². The molecule has 0 nitrogen and oxygen atoms in total. The van der Waals surface area contributed by atoms with Crippen LogP contribution in [0.4, 0.5) is 0 Å². The Bertz CT molecular complexity index is 60.7. The zero-order chi connectivity index (χ0) is 5.15. The van der Waals surface area contributed by atoms with Crippen LogP contribution < -0.4 is 0 Å². The van der Waals surface area contributed by atoms with Gasteiger partial charge in [-0.05, 0) is 5.92 Å². The summed E-state index contributed by atoms with van der Waals surface area (Å²) in [7, 11) is 0. The second kappa shape index (κ2) is 5.08. The Morgan fingerprint density at radius 2 is 1.71 bits per heavy atom. The Morgan fingerprint density at radius 1 is 1.57 bits per heavy atom. The molecule has 0 fully saturated rings. The molecule has 0 rings (SSSR count). The van der Waals surface area contributed by atoms with Crippen molar-refractivity contribution in [3.63, 3.8) is 0 Å². The van der Waals surface area contributed by atoms with Gasteiger partial charge in [0.15, 0.2) is 0 Å². The maximum absolute atomic E-state index is 4.63. The Labute approximate surface area is 68.2 Å². The van der Waals surface area contributed by atoms with Crippen molar-refractivity contribution in [3.05, 3.63) is 0 Å². The monoisotopic (exact) mass is 183 g/mol. The molecule has 0 radical (unpaired) electrons. The third kappa shape index (κ3) is 6.93. The van der Waals surface area contributed by atoms with Crippen LogP contribution in [0.5, 0.6) is 0 Å². The molecule has 0 saturated heterocycles. The molecule has 0 aliphatic carbocycles. The van der Waals surface area contributed by atoms with Crippen molar-refractivity contribution < 1.29 is 19.5 Å². The van der Waals surface area contributed by atoms with E-state index < -0.39 is 0 Å². The molecule has 3 heteroatoms. The predicted octanol–water partition coefficient (Wildman–Crippen LogP) is 1.51. The van der Waals surface area contributed by atoms with E-state index in [-0.39, 0.29) is 19.5 Å². The first-order valence-corrected chi connectivity index (χ1v) is 2.67. The van der Waals surface area contributed by atoms with E-state index in [2.05, 4.69) is 24.8 Å². The minimum Gasteiger partial charge on any atom is -0.433 e. The van der Waals surface area contributed by atoms with Gasteiger partial charge in [0.2, 0.25) is 0 Å². The first-order valence-electron chi connectivity index (χ1n) is 1.85. The van der Waals surface area contributed by atoms with Crippen molar-refractivity contribution in [1.29, 1.82) is 0 Å². The van der Waals surface area contributed by atoms with Gasteiger partial charge in [-0.3, -0.25) is 0 Å². The molecule has 0 unspecified atom stereocenters. The fourth-order valence-electron chi connectivity index (χ4n) is 0. The first-order chi connectivity index (χ1) is 2.64. The Morgan fingerprint density at radius 3 is 1.71 bits per heavy atom. The summed E-state index contributed by atoms with van der Waals surface area (Å²) in [5, 5.41) is 0. The fraction of sp³-hybridized carbons (Fsp3) is 0.750. The Balaban J connectivity index is 0. The minimum absolute atomic E-state index is 0. The minimum atomic E-state index is 0. The van der Waals surface area contributed by atoms with Gasteiger partial charge in [-0.25, -0.2) is 0 Å². The SMILES string of the molecule is CC(C)C(=S)[S-].[Zn]. The maximum atomic E-state index is 4.63. The molecule has 0 bridgehead atoms. The van der Waals surface area contributed by atoms with Gasteiger partial charge in [-0.2, -0.15) is 0 Å². The molecule has 0 atom stereocenters. The van der Waals surface area contributed by atoms with Gasteiger partial charge in [0.25, 0.3) is 0 Å². The van der Waals surface area contributed by atoms with Crippen molar-refractivity contribution in [2.45, 2.75) is 13.8 Å².